The van der Waals surface area contributed by atoms with Crippen molar-refractivity contribution in [1.29, 1.82) is 0 Å². The van der Waals surface area contributed by atoms with Crippen molar-refractivity contribution < 1.29 is 13.9 Å². The van der Waals surface area contributed by atoms with E-state index >= 15 is 0 Å². The van der Waals surface area contributed by atoms with Gasteiger partial charge in [0.15, 0.2) is 0 Å². The number of nitrogens with zero attached hydrogens (tertiary/aromatic N) is 2. The van der Waals surface area contributed by atoms with Gasteiger partial charge in [-0.1, -0.05) is 6.92 Å². The second kappa shape index (κ2) is 7.97. The number of amides is 1. The lowest BCUT2D eigenvalue weighted by molar-refractivity contribution is 0.0782. The number of hydrogen-bond acceptors (Lipinski definition) is 5. The molecule has 1 aromatic carbocycles. The molecule has 1 heterocycles. The van der Waals surface area contributed by atoms with E-state index in [1.54, 1.807) is 25.2 Å². The predicted octanol–water partition coefficient (Wildman–Crippen LogP) is 2.22. The molecule has 0 N–H and O–H groups in total. The molecule has 0 aliphatic heterocycles. The van der Waals surface area contributed by atoms with Crippen LogP contribution >= 0.6 is 0 Å². The van der Waals surface area contributed by atoms with Crippen LogP contribution in [0.4, 0.5) is 0 Å². The molecular weight excluding hydrogens is 308 g/mol. The van der Waals surface area contributed by atoms with Crippen LogP contribution < -0.4 is 10.4 Å². The second-order valence-electron chi connectivity index (χ2n) is 6.03. The van der Waals surface area contributed by atoms with E-state index in [-0.39, 0.29) is 11.5 Å². The van der Waals surface area contributed by atoms with Gasteiger partial charge in [0.05, 0.1) is 6.61 Å². The Hall–Kier alpha value is -2.34. The zero-order chi connectivity index (χ0) is 17.7. The first kappa shape index (κ1) is 18.0. The van der Waals surface area contributed by atoms with Crippen LogP contribution in [0, 0.1) is 0 Å². The Morgan fingerprint density at radius 3 is 2.58 bits per heavy atom. The first-order valence-corrected chi connectivity index (χ1v) is 8.03. The highest BCUT2D eigenvalue weighted by atomic mass is 16.5. The highest BCUT2D eigenvalue weighted by Crippen LogP contribution is 2.21. The molecule has 0 radical (unpaired) electrons. The molecule has 1 aromatic heterocycles. The summed E-state index contributed by atoms with van der Waals surface area (Å²) in [6.07, 6.45) is 0.898. The molecule has 0 aliphatic carbocycles. The summed E-state index contributed by atoms with van der Waals surface area (Å²) in [4.78, 5) is 28.1. The lowest BCUT2D eigenvalue weighted by atomic mass is 10.1. The van der Waals surface area contributed by atoms with Gasteiger partial charge in [0.1, 0.15) is 16.9 Å². The van der Waals surface area contributed by atoms with Gasteiger partial charge in [0.2, 0.25) is 0 Å². The van der Waals surface area contributed by atoms with Gasteiger partial charge in [-0.25, -0.2) is 4.79 Å². The highest BCUT2D eigenvalue weighted by Gasteiger charge is 2.18. The average molecular weight is 332 g/mol. The lowest BCUT2D eigenvalue weighted by Crippen LogP contribution is -2.35. The fraction of sp³-hybridized carbons (Fsp3) is 0.444. The number of ether oxygens (including phenoxy) is 1. The molecule has 2 aromatic rings. The first-order valence-electron chi connectivity index (χ1n) is 8.03. The van der Waals surface area contributed by atoms with Gasteiger partial charge in [-0.15, -0.1) is 0 Å². The topological polar surface area (TPSA) is 63.0 Å². The van der Waals surface area contributed by atoms with Crippen LogP contribution in [0.15, 0.2) is 33.5 Å². The van der Waals surface area contributed by atoms with Gasteiger partial charge in [-0.05, 0) is 38.7 Å². The van der Waals surface area contributed by atoms with Gasteiger partial charge in [0.25, 0.3) is 5.91 Å². The van der Waals surface area contributed by atoms with E-state index in [1.165, 1.54) is 4.90 Å². The summed E-state index contributed by atoms with van der Waals surface area (Å²) in [6.45, 7) is 3.88. The van der Waals surface area contributed by atoms with Crippen molar-refractivity contribution in [3.63, 3.8) is 0 Å². The lowest BCUT2D eigenvalue weighted by Gasteiger charge is -2.19. The Bertz CT molecular complexity index is 767. The van der Waals surface area contributed by atoms with Crippen molar-refractivity contribution in [1.82, 2.24) is 9.80 Å². The summed E-state index contributed by atoms with van der Waals surface area (Å²) in [5, 5.41) is 0.697. The largest absolute Gasteiger partial charge is 0.493 e. The van der Waals surface area contributed by atoms with Crippen molar-refractivity contribution in [2.75, 3.05) is 40.8 Å². The van der Waals surface area contributed by atoms with E-state index in [0.29, 0.717) is 29.9 Å². The zero-order valence-electron chi connectivity index (χ0n) is 14.7. The van der Waals surface area contributed by atoms with E-state index in [4.69, 9.17) is 9.15 Å². The Morgan fingerprint density at radius 1 is 1.17 bits per heavy atom. The molecule has 130 valence electrons. The number of fused-ring (bicyclic) bond motifs is 1. The van der Waals surface area contributed by atoms with Gasteiger partial charge in [-0.3, -0.25) is 4.79 Å². The Morgan fingerprint density at radius 2 is 1.92 bits per heavy atom. The molecule has 2 rings (SSSR count). The number of benzene rings is 1. The van der Waals surface area contributed by atoms with Crippen molar-refractivity contribution in [3.05, 3.63) is 40.2 Å². The van der Waals surface area contributed by atoms with Gasteiger partial charge >= 0.3 is 5.63 Å². The number of carbonyl (C=O) groups is 1. The predicted molar refractivity (Wildman–Crippen MR) is 93.8 cm³/mol. The normalized spacial score (nSPS) is 11.0. The SMILES string of the molecule is CCCOc1ccc2cc(C(=O)N(C)CCN(C)C)c(=O)oc2c1. The molecule has 0 fully saturated rings. The fourth-order valence-corrected chi connectivity index (χ4v) is 2.21. The minimum atomic E-state index is -0.628. The van der Waals surface area contributed by atoms with E-state index < -0.39 is 5.63 Å². The minimum absolute atomic E-state index is 0.0472. The Balaban J connectivity index is 2.27. The Kier molecular flexibility index (Phi) is 5.98. The van der Waals surface area contributed by atoms with Crippen LogP contribution in [0.3, 0.4) is 0 Å². The summed E-state index contributed by atoms with van der Waals surface area (Å²) < 4.78 is 10.8. The smallest absolute Gasteiger partial charge is 0.349 e. The van der Waals surface area contributed by atoms with Crippen molar-refractivity contribution in [2.45, 2.75) is 13.3 Å². The molecule has 0 unspecified atom stereocenters. The summed E-state index contributed by atoms with van der Waals surface area (Å²) in [6, 6.07) is 6.86. The molecule has 0 atom stereocenters. The Labute approximate surface area is 141 Å². The molecule has 0 saturated heterocycles. The van der Waals surface area contributed by atoms with Gasteiger partial charge in [0, 0.05) is 31.6 Å². The van der Waals surface area contributed by atoms with Crippen LogP contribution in [0.5, 0.6) is 5.75 Å². The van der Waals surface area contributed by atoms with Crippen LogP contribution in [0.25, 0.3) is 11.0 Å². The second-order valence-corrected chi connectivity index (χ2v) is 6.03. The number of hydrogen-bond donors (Lipinski definition) is 0. The monoisotopic (exact) mass is 332 g/mol. The third-order valence-electron chi connectivity index (χ3n) is 3.64. The van der Waals surface area contributed by atoms with E-state index in [9.17, 15) is 9.59 Å². The molecule has 0 aliphatic rings. The van der Waals surface area contributed by atoms with Crippen LogP contribution in [0.1, 0.15) is 23.7 Å². The summed E-state index contributed by atoms with van der Waals surface area (Å²) >= 11 is 0. The van der Waals surface area contributed by atoms with Gasteiger partial charge < -0.3 is 19.0 Å². The summed E-state index contributed by atoms with van der Waals surface area (Å²) in [5.41, 5.74) is -0.163. The third-order valence-corrected chi connectivity index (χ3v) is 3.64. The molecule has 6 nitrogen and oxygen atoms in total. The van der Waals surface area contributed by atoms with Crippen molar-refractivity contribution >= 4 is 16.9 Å². The molecular formula is C18H24N2O4. The van der Waals surface area contributed by atoms with Gasteiger partial charge in [-0.2, -0.15) is 0 Å². The van der Waals surface area contributed by atoms with Crippen LogP contribution in [-0.4, -0.2) is 56.5 Å². The zero-order valence-corrected chi connectivity index (χ0v) is 14.7. The maximum absolute atomic E-state index is 12.5. The molecule has 6 heteroatoms. The number of rotatable bonds is 7. The molecule has 0 saturated carbocycles. The highest BCUT2D eigenvalue weighted by molar-refractivity contribution is 5.96. The standard InChI is InChI=1S/C18H24N2O4/c1-5-10-23-14-7-6-13-11-15(18(22)24-16(13)12-14)17(21)20(4)9-8-19(2)3/h6-7,11-12H,5,8-10H2,1-4H3. The third kappa shape index (κ3) is 4.35. The molecule has 0 spiro atoms. The molecule has 24 heavy (non-hydrogen) atoms. The minimum Gasteiger partial charge on any atom is -0.493 e. The van der Waals surface area contributed by atoms with E-state index in [0.717, 1.165) is 13.0 Å². The first-order chi connectivity index (χ1) is 11.4. The maximum atomic E-state index is 12.5. The maximum Gasteiger partial charge on any atom is 0.349 e. The average Bonchev–Trinajstić information content (AvgIpc) is 2.56. The molecule has 1 amide bonds. The van der Waals surface area contributed by atoms with Crippen molar-refractivity contribution in [3.8, 4) is 5.75 Å². The number of likely N-dealkylation sites (N-methyl/N-ethyl adjacent to an activating group) is 2. The summed E-state index contributed by atoms with van der Waals surface area (Å²) in [7, 11) is 5.54. The molecule has 0 bridgehead atoms. The summed E-state index contributed by atoms with van der Waals surface area (Å²) in [5.74, 6) is 0.313. The van der Waals surface area contributed by atoms with E-state index in [2.05, 4.69) is 0 Å². The fourth-order valence-electron chi connectivity index (χ4n) is 2.21. The quantitative estimate of drug-likeness (QED) is 0.728. The van der Waals surface area contributed by atoms with E-state index in [1.807, 2.05) is 32.0 Å². The van der Waals surface area contributed by atoms with Crippen LogP contribution in [-0.2, 0) is 0 Å². The van der Waals surface area contributed by atoms with Crippen LogP contribution in [0.2, 0.25) is 0 Å². The van der Waals surface area contributed by atoms with Crippen molar-refractivity contribution in [2.24, 2.45) is 0 Å². The number of carbonyl (C=O) groups excluding carboxylic acids is 1.